The van der Waals surface area contributed by atoms with Gasteiger partial charge in [0.25, 0.3) is 5.88 Å². The van der Waals surface area contributed by atoms with Crippen LogP contribution in [0.5, 0.6) is 17.5 Å². The number of nitrogen functional groups attached to an aromatic ring is 1. The van der Waals surface area contributed by atoms with Crippen LogP contribution in [0.2, 0.25) is 0 Å². The molecule has 3 aromatic heterocycles. The number of ether oxygens (including phenoxy) is 2. The highest BCUT2D eigenvalue weighted by Gasteiger charge is 2.29. The number of hydrogen-bond donors (Lipinski definition) is 2. The molecule has 26 heavy (non-hydrogen) atoms. The zero-order valence-corrected chi connectivity index (χ0v) is 14.4. The lowest BCUT2D eigenvalue weighted by Crippen LogP contribution is -2.28. The Morgan fingerprint density at radius 2 is 2.08 bits per heavy atom. The Labute approximate surface area is 149 Å². The van der Waals surface area contributed by atoms with Gasteiger partial charge in [0.05, 0.1) is 19.3 Å². The van der Waals surface area contributed by atoms with Crippen molar-refractivity contribution in [3.05, 3.63) is 24.7 Å². The molecule has 1 saturated carbocycles. The van der Waals surface area contributed by atoms with E-state index in [0.29, 0.717) is 22.7 Å². The fourth-order valence-corrected chi connectivity index (χ4v) is 3.32. The predicted octanol–water partition coefficient (Wildman–Crippen LogP) is 2.08. The van der Waals surface area contributed by atoms with Crippen LogP contribution in [0.15, 0.2) is 24.7 Å². The Morgan fingerprint density at radius 3 is 2.88 bits per heavy atom. The molecule has 0 amide bonds. The van der Waals surface area contributed by atoms with E-state index in [1.807, 2.05) is 0 Å². The zero-order chi connectivity index (χ0) is 18.1. The summed E-state index contributed by atoms with van der Waals surface area (Å²) < 4.78 is 12.7. The quantitative estimate of drug-likeness (QED) is 0.729. The molecule has 9 heteroatoms. The summed E-state index contributed by atoms with van der Waals surface area (Å²) in [7, 11) is 1.57. The molecule has 0 unspecified atom stereocenters. The minimum atomic E-state index is -0.481. The van der Waals surface area contributed by atoms with Crippen LogP contribution in [0.3, 0.4) is 0 Å². The fourth-order valence-electron chi connectivity index (χ4n) is 3.32. The van der Waals surface area contributed by atoms with E-state index in [0.717, 1.165) is 25.7 Å². The molecular formula is C17H20N6O3. The van der Waals surface area contributed by atoms with Gasteiger partial charge in [0.1, 0.15) is 23.3 Å². The number of aliphatic hydroxyl groups excluding tert-OH is 1. The van der Waals surface area contributed by atoms with Crippen molar-refractivity contribution in [3.8, 4) is 17.5 Å². The number of anilines is 1. The van der Waals surface area contributed by atoms with Crippen molar-refractivity contribution in [1.82, 2.24) is 24.7 Å². The van der Waals surface area contributed by atoms with E-state index < -0.39 is 6.10 Å². The number of aromatic nitrogens is 5. The van der Waals surface area contributed by atoms with Crippen molar-refractivity contribution >= 4 is 16.9 Å². The highest BCUT2D eigenvalue weighted by atomic mass is 16.5. The van der Waals surface area contributed by atoms with Crippen LogP contribution in [-0.4, -0.2) is 43.1 Å². The van der Waals surface area contributed by atoms with E-state index in [1.165, 1.54) is 6.33 Å². The van der Waals surface area contributed by atoms with Gasteiger partial charge in [-0.15, -0.1) is 5.10 Å². The van der Waals surface area contributed by atoms with Crippen molar-refractivity contribution in [2.75, 3.05) is 12.8 Å². The molecule has 0 spiro atoms. The number of pyridine rings is 1. The van der Waals surface area contributed by atoms with Crippen LogP contribution in [0.4, 0.5) is 5.82 Å². The molecule has 0 aliphatic heterocycles. The molecule has 3 heterocycles. The van der Waals surface area contributed by atoms with Gasteiger partial charge in [0.15, 0.2) is 5.65 Å². The van der Waals surface area contributed by atoms with Crippen molar-refractivity contribution in [1.29, 1.82) is 0 Å². The topological polar surface area (TPSA) is 121 Å². The molecule has 0 radical (unpaired) electrons. The summed E-state index contributed by atoms with van der Waals surface area (Å²) in [5.74, 6) is 1.47. The van der Waals surface area contributed by atoms with Gasteiger partial charge in [-0.25, -0.2) is 19.6 Å². The molecular weight excluding hydrogens is 336 g/mol. The summed E-state index contributed by atoms with van der Waals surface area (Å²) in [5, 5.41) is 15.5. The molecule has 0 aromatic carbocycles. The molecule has 3 N–H and O–H groups in total. The summed E-state index contributed by atoms with van der Waals surface area (Å²) >= 11 is 0. The first-order chi connectivity index (χ1) is 12.7. The Kier molecular flexibility index (Phi) is 4.29. The standard InChI is InChI=1S/C17H20N6O3/c1-25-10-6-7-19-13(8-10)26-17-14-15(18)20-9-21-16(14)23(22-17)11-4-2-3-5-12(11)24/h6-9,11-12,24H,2-5H2,1H3,(H2,18,20,21)/t11-,12-/m1/s1. The maximum atomic E-state index is 10.4. The Bertz CT molecular complexity index is 928. The van der Waals surface area contributed by atoms with Gasteiger partial charge in [-0.2, -0.15) is 0 Å². The van der Waals surface area contributed by atoms with Gasteiger partial charge in [0, 0.05) is 12.3 Å². The zero-order valence-electron chi connectivity index (χ0n) is 14.4. The largest absolute Gasteiger partial charge is 0.497 e. The van der Waals surface area contributed by atoms with Crippen molar-refractivity contribution < 1.29 is 14.6 Å². The molecule has 1 fully saturated rings. The smallest absolute Gasteiger partial charge is 0.253 e. The predicted molar refractivity (Wildman–Crippen MR) is 94.1 cm³/mol. The molecule has 4 rings (SSSR count). The van der Waals surface area contributed by atoms with Crippen LogP contribution in [0, 0.1) is 0 Å². The lowest BCUT2D eigenvalue weighted by Gasteiger charge is -2.27. The van der Waals surface area contributed by atoms with Gasteiger partial charge in [0.2, 0.25) is 5.88 Å². The van der Waals surface area contributed by atoms with Crippen LogP contribution in [-0.2, 0) is 0 Å². The maximum absolute atomic E-state index is 10.4. The van der Waals surface area contributed by atoms with Gasteiger partial charge in [-0.05, 0) is 18.9 Å². The summed E-state index contributed by atoms with van der Waals surface area (Å²) in [6, 6.07) is 3.20. The number of fused-ring (bicyclic) bond motifs is 1. The summed E-state index contributed by atoms with van der Waals surface area (Å²) in [6.45, 7) is 0. The van der Waals surface area contributed by atoms with Gasteiger partial charge in [-0.3, -0.25) is 0 Å². The SMILES string of the molecule is COc1ccnc(Oc2nn([C@@H]3CCCC[C@H]3O)c3ncnc(N)c23)c1. The summed E-state index contributed by atoms with van der Waals surface area (Å²) in [5.41, 5.74) is 6.60. The van der Waals surface area contributed by atoms with Crippen LogP contribution < -0.4 is 15.2 Å². The number of aliphatic hydroxyl groups is 1. The molecule has 0 bridgehead atoms. The van der Waals surface area contributed by atoms with Gasteiger partial charge < -0.3 is 20.3 Å². The highest BCUT2D eigenvalue weighted by Crippen LogP contribution is 2.36. The van der Waals surface area contributed by atoms with Gasteiger partial charge >= 0.3 is 0 Å². The third-order valence-corrected chi connectivity index (χ3v) is 4.64. The second kappa shape index (κ2) is 6.75. The van der Waals surface area contributed by atoms with E-state index in [9.17, 15) is 5.11 Å². The molecule has 1 aliphatic rings. The minimum Gasteiger partial charge on any atom is -0.497 e. The third kappa shape index (κ3) is 2.90. The monoisotopic (exact) mass is 356 g/mol. The number of nitrogens with zero attached hydrogens (tertiary/aromatic N) is 5. The highest BCUT2D eigenvalue weighted by molar-refractivity contribution is 5.90. The number of methoxy groups -OCH3 is 1. The first-order valence-electron chi connectivity index (χ1n) is 8.52. The summed E-state index contributed by atoms with van der Waals surface area (Å²) in [6.07, 6.45) is 6.07. The molecule has 0 saturated heterocycles. The third-order valence-electron chi connectivity index (χ3n) is 4.64. The molecule has 2 atom stereocenters. The first-order valence-corrected chi connectivity index (χ1v) is 8.52. The van der Waals surface area contributed by atoms with Crippen LogP contribution in [0.1, 0.15) is 31.7 Å². The lowest BCUT2D eigenvalue weighted by molar-refractivity contribution is 0.0708. The van der Waals surface area contributed by atoms with Crippen molar-refractivity contribution in [2.24, 2.45) is 0 Å². The minimum absolute atomic E-state index is 0.170. The first kappa shape index (κ1) is 16.5. The van der Waals surface area contributed by atoms with Crippen molar-refractivity contribution in [3.63, 3.8) is 0 Å². The average molecular weight is 356 g/mol. The number of hydrogen-bond acceptors (Lipinski definition) is 8. The van der Waals surface area contributed by atoms with E-state index in [-0.39, 0.29) is 17.7 Å². The fraction of sp³-hybridized carbons (Fsp3) is 0.412. The average Bonchev–Trinajstić information content (AvgIpc) is 3.02. The van der Waals surface area contributed by atoms with Crippen LogP contribution >= 0.6 is 0 Å². The normalized spacial score (nSPS) is 20.2. The van der Waals surface area contributed by atoms with E-state index >= 15 is 0 Å². The second-order valence-electron chi connectivity index (χ2n) is 6.26. The van der Waals surface area contributed by atoms with E-state index in [2.05, 4.69) is 20.1 Å². The molecule has 9 nitrogen and oxygen atoms in total. The Hall–Kier alpha value is -2.94. The summed E-state index contributed by atoms with van der Waals surface area (Å²) in [4.78, 5) is 12.5. The van der Waals surface area contributed by atoms with Crippen LogP contribution in [0.25, 0.3) is 11.0 Å². The molecule has 136 valence electrons. The van der Waals surface area contributed by atoms with Gasteiger partial charge in [-0.1, -0.05) is 12.8 Å². The number of rotatable bonds is 4. The van der Waals surface area contributed by atoms with E-state index in [1.54, 1.807) is 30.1 Å². The molecule has 1 aliphatic carbocycles. The molecule has 3 aromatic rings. The number of nitrogens with two attached hydrogens (primary N) is 1. The van der Waals surface area contributed by atoms with E-state index in [4.69, 9.17) is 15.2 Å². The lowest BCUT2D eigenvalue weighted by atomic mass is 9.93. The maximum Gasteiger partial charge on any atom is 0.253 e. The second-order valence-corrected chi connectivity index (χ2v) is 6.26. The van der Waals surface area contributed by atoms with Crippen molar-refractivity contribution in [2.45, 2.75) is 37.8 Å². The Balaban J connectivity index is 1.79. The Morgan fingerprint density at radius 1 is 1.23 bits per heavy atom.